The van der Waals surface area contributed by atoms with Crippen molar-refractivity contribution < 1.29 is 29.4 Å². The fourth-order valence-electron chi connectivity index (χ4n) is 1.17. The van der Waals surface area contributed by atoms with E-state index in [0.29, 0.717) is 0 Å². The molecule has 0 aromatic carbocycles. The number of rotatable bonds is 8. The van der Waals surface area contributed by atoms with Gasteiger partial charge in [0.05, 0.1) is 0 Å². The SMILES string of the molecule is C[C@](N)(C(=O)O)C(=O)CCCC(=O)[C@@](C)(N)C(=O)O. The Kier molecular flexibility index (Phi) is 5.34. The van der Waals surface area contributed by atoms with E-state index in [-0.39, 0.29) is 19.3 Å². The number of Topliss-reactive ketones (excluding diaryl/α,β-unsaturated/α-hetero) is 2. The van der Waals surface area contributed by atoms with E-state index in [1.165, 1.54) is 0 Å². The van der Waals surface area contributed by atoms with E-state index < -0.39 is 34.6 Å². The molecule has 8 heteroatoms. The molecule has 0 radical (unpaired) electrons. The molecule has 8 nitrogen and oxygen atoms in total. The van der Waals surface area contributed by atoms with Crippen molar-refractivity contribution in [3.63, 3.8) is 0 Å². The average Bonchev–Trinajstić information content (AvgIpc) is 2.27. The fraction of sp³-hybridized carbons (Fsp3) is 0.636. The number of carboxylic acid groups (broad SMARTS) is 2. The van der Waals surface area contributed by atoms with E-state index in [1.807, 2.05) is 0 Å². The van der Waals surface area contributed by atoms with Gasteiger partial charge in [-0.25, -0.2) is 9.59 Å². The minimum Gasteiger partial charge on any atom is -0.480 e. The summed E-state index contributed by atoms with van der Waals surface area (Å²) in [7, 11) is 0. The number of carboxylic acids is 2. The van der Waals surface area contributed by atoms with E-state index in [4.69, 9.17) is 21.7 Å². The molecule has 0 aromatic rings. The Morgan fingerprint density at radius 3 is 1.32 bits per heavy atom. The number of carbonyl (C=O) groups excluding carboxylic acids is 2. The zero-order valence-electron chi connectivity index (χ0n) is 10.8. The van der Waals surface area contributed by atoms with Crippen molar-refractivity contribution in [1.82, 2.24) is 0 Å². The van der Waals surface area contributed by atoms with Crippen LogP contribution in [0.2, 0.25) is 0 Å². The zero-order chi connectivity index (χ0) is 15.4. The quantitative estimate of drug-likeness (QED) is 0.405. The van der Waals surface area contributed by atoms with Crippen LogP contribution in [0.15, 0.2) is 0 Å². The minimum absolute atomic E-state index is 0.00218. The van der Waals surface area contributed by atoms with Gasteiger partial charge in [-0.15, -0.1) is 0 Å². The molecule has 2 atom stereocenters. The molecule has 0 aliphatic rings. The Balaban J connectivity index is 4.41. The van der Waals surface area contributed by atoms with Gasteiger partial charge in [0.25, 0.3) is 0 Å². The molecular formula is C11H18N2O6. The third kappa shape index (κ3) is 4.11. The lowest BCUT2D eigenvalue weighted by molar-refractivity contribution is -0.148. The molecule has 0 bridgehead atoms. The molecule has 0 aliphatic heterocycles. The van der Waals surface area contributed by atoms with E-state index in [2.05, 4.69) is 0 Å². The maximum absolute atomic E-state index is 11.5. The predicted molar refractivity (Wildman–Crippen MR) is 64.3 cm³/mol. The summed E-state index contributed by atoms with van der Waals surface area (Å²) in [4.78, 5) is 44.4. The summed E-state index contributed by atoms with van der Waals surface area (Å²) >= 11 is 0. The lowest BCUT2D eigenvalue weighted by Gasteiger charge is -2.19. The highest BCUT2D eigenvalue weighted by molar-refractivity contribution is 6.08. The second kappa shape index (κ2) is 5.89. The fourth-order valence-corrected chi connectivity index (χ4v) is 1.17. The van der Waals surface area contributed by atoms with Crippen molar-refractivity contribution in [2.45, 2.75) is 44.2 Å². The Hall–Kier alpha value is -1.80. The van der Waals surface area contributed by atoms with E-state index in [1.54, 1.807) is 0 Å². The molecule has 0 fully saturated rings. The van der Waals surface area contributed by atoms with Crippen molar-refractivity contribution in [2.24, 2.45) is 11.5 Å². The van der Waals surface area contributed by atoms with Crippen LogP contribution in [0.25, 0.3) is 0 Å². The molecule has 0 spiro atoms. The summed E-state index contributed by atoms with van der Waals surface area (Å²) in [5, 5.41) is 17.4. The van der Waals surface area contributed by atoms with Gasteiger partial charge in [0.2, 0.25) is 0 Å². The molecule has 0 heterocycles. The molecule has 0 aliphatic carbocycles. The molecular weight excluding hydrogens is 256 g/mol. The number of ketones is 2. The van der Waals surface area contributed by atoms with Crippen molar-refractivity contribution >= 4 is 23.5 Å². The molecule has 19 heavy (non-hydrogen) atoms. The summed E-state index contributed by atoms with van der Waals surface area (Å²) in [5.41, 5.74) is 6.58. The summed E-state index contributed by atoms with van der Waals surface area (Å²) in [5.74, 6) is -4.39. The van der Waals surface area contributed by atoms with Gasteiger partial charge in [-0.05, 0) is 20.3 Å². The maximum atomic E-state index is 11.5. The topological polar surface area (TPSA) is 161 Å². The van der Waals surface area contributed by atoms with Crippen molar-refractivity contribution in [2.75, 3.05) is 0 Å². The maximum Gasteiger partial charge on any atom is 0.331 e. The van der Waals surface area contributed by atoms with Gasteiger partial charge in [-0.3, -0.25) is 9.59 Å². The Morgan fingerprint density at radius 1 is 0.842 bits per heavy atom. The average molecular weight is 274 g/mol. The largest absolute Gasteiger partial charge is 0.480 e. The van der Waals surface area contributed by atoms with E-state index >= 15 is 0 Å². The summed E-state index contributed by atoms with van der Waals surface area (Å²) in [6.45, 7) is 2.12. The van der Waals surface area contributed by atoms with Gasteiger partial charge < -0.3 is 21.7 Å². The van der Waals surface area contributed by atoms with Crippen LogP contribution in [0.1, 0.15) is 33.1 Å². The number of aliphatic carboxylic acids is 2. The van der Waals surface area contributed by atoms with Crippen LogP contribution < -0.4 is 11.5 Å². The molecule has 6 N–H and O–H groups in total. The Morgan fingerprint density at radius 2 is 1.11 bits per heavy atom. The minimum atomic E-state index is -2.01. The molecule has 0 unspecified atom stereocenters. The van der Waals surface area contributed by atoms with Crippen LogP contribution >= 0.6 is 0 Å². The molecule has 108 valence electrons. The van der Waals surface area contributed by atoms with Crippen LogP contribution in [-0.2, 0) is 19.2 Å². The van der Waals surface area contributed by atoms with Gasteiger partial charge >= 0.3 is 11.9 Å². The predicted octanol–water partition coefficient (Wildman–Crippen LogP) is -1.10. The smallest absolute Gasteiger partial charge is 0.331 e. The van der Waals surface area contributed by atoms with Crippen LogP contribution in [0, 0.1) is 0 Å². The summed E-state index contributed by atoms with van der Waals surface area (Å²) in [6, 6.07) is 0. The number of hydrogen-bond donors (Lipinski definition) is 4. The van der Waals surface area contributed by atoms with Crippen LogP contribution in [0.4, 0.5) is 0 Å². The third-order valence-corrected chi connectivity index (χ3v) is 2.85. The first-order valence-electron chi connectivity index (χ1n) is 5.55. The first-order chi connectivity index (χ1) is 8.44. The number of nitrogens with two attached hydrogens (primary N) is 2. The molecule has 0 aromatic heterocycles. The van der Waals surface area contributed by atoms with Crippen molar-refractivity contribution in [3.05, 3.63) is 0 Å². The summed E-state index contributed by atoms with van der Waals surface area (Å²) in [6.07, 6.45) is -0.473. The zero-order valence-corrected chi connectivity index (χ0v) is 10.8. The number of carbonyl (C=O) groups is 4. The highest BCUT2D eigenvalue weighted by atomic mass is 16.4. The monoisotopic (exact) mass is 274 g/mol. The Labute approximate surface area is 109 Å². The first-order valence-corrected chi connectivity index (χ1v) is 5.55. The lowest BCUT2D eigenvalue weighted by Crippen LogP contribution is -2.53. The van der Waals surface area contributed by atoms with Gasteiger partial charge in [-0.1, -0.05) is 0 Å². The van der Waals surface area contributed by atoms with Gasteiger partial charge in [0.15, 0.2) is 22.6 Å². The first kappa shape index (κ1) is 17.2. The van der Waals surface area contributed by atoms with E-state index in [0.717, 1.165) is 13.8 Å². The van der Waals surface area contributed by atoms with Gasteiger partial charge in [-0.2, -0.15) is 0 Å². The number of hydrogen-bond acceptors (Lipinski definition) is 6. The molecule has 0 saturated heterocycles. The second-order valence-electron chi connectivity index (χ2n) is 4.71. The van der Waals surface area contributed by atoms with Gasteiger partial charge in [0, 0.05) is 12.8 Å². The normalized spacial score (nSPS) is 17.1. The summed E-state index contributed by atoms with van der Waals surface area (Å²) < 4.78 is 0. The Bertz CT molecular complexity index is 375. The van der Waals surface area contributed by atoms with Crippen molar-refractivity contribution in [3.8, 4) is 0 Å². The van der Waals surface area contributed by atoms with Crippen molar-refractivity contribution in [1.29, 1.82) is 0 Å². The van der Waals surface area contributed by atoms with E-state index in [9.17, 15) is 19.2 Å². The molecule has 0 amide bonds. The second-order valence-corrected chi connectivity index (χ2v) is 4.71. The van der Waals surface area contributed by atoms with Crippen LogP contribution in [0.5, 0.6) is 0 Å². The molecule has 0 rings (SSSR count). The standard InChI is InChI=1S/C11H18N2O6/c1-10(12,8(16)17)6(14)4-3-5-7(15)11(2,13)9(18)19/h3-5,12-13H2,1-2H3,(H,16,17)(H,18,19)/t10-,11-/m1/s1. The van der Waals surface area contributed by atoms with Crippen LogP contribution in [0.3, 0.4) is 0 Å². The lowest BCUT2D eigenvalue weighted by atomic mass is 9.90. The highest BCUT2D eigenvalue weighted by Gasteiger charge is 2.38. The third-order valence-electron chi connectivity index (χ3n) is 2.85. The van der Waals surface area contributed by atoms with Crippen LogP contribution in [-0.4, -0.2) is 44.8 Å². The van der Waals surface area contributed by atoms with Gasteiger partial charge in [0.1, 0.15) is 0 Å². The molecule has 0 saturated carbocycles. The highest BCUT2D eigenvalue weighted by Crippen LogP contribution is 2.12.